The van der Waals surface area contributed by atoms with Crippen LogP contribution in [0.5, 0.6) is 0 Å². The SMILES string of the molecule is Cc1ccccc1CN1CCN(C(=O)Cn2nc(-c3ccccc3)oc2=O)CC1. The van der Waals surface area contributed by atoms with Crippen molar-refractivity contribution in [2.24, 2.45) is 0 Å². The van der Waals surface area contributed by atoms with E-state index in [9.17, 15) is 9.59 Å². The third-order valence-electron chi connectivity index (χ3n) is 5.29. The molecule has 1 aliphatic heterocycles. The molecule has 4 rings (SSSR count). The number of rotatable bonds is 5. The Morgan fingerprint density at radius 1 is 1.00 bits per heavy atom. The Morgan fingerprint density at radius 2 is 1.69 bits per heavy atom. The molecule has 7 nitrogen and oxygen atoms in total. The zero-order valence-electron chi connectivity index (χ0n) is 16.5. The van der Waals surface area contributed by atoms with E-state index in [1.165, 1.54) is 11.1 Å². The molecule has 2 heterocycles. The van der Waals surface area contributed by atoms with Crippen molar-refractivity contribution < 1.29 is 9.21 Å². The summed E-state index contributed by atoms with van der Waals surface area (Å²) >= 11 is 0. The van der Waals surface area contributed by atoms with E-state index in [2.05, 4.69) is 35.1 Å². The fourth-order valence-electron chi connectivity index (χ4n) is 3.52. The van der Waals surface area contributed by atoms with Gasteiger partial charge in [0.05, 0.1) is 0 Å². The van der Waals surface area contributed by atoms with Gasteiger partial charge in [-0.25, -0.2) is 4.79 Å². The number of piperazine rings is 1. The van der Waals surface area contributed by atoms with Gasteiger partial charge in [-0.3, -0.25) is 9.69 Å². The summed E-state index contributed by atoms with van der Waals surface area (Å²) in [5.74, 6) is -0.502. The van der Waals surface area contributed by atoms with E-state index < -0.39 is 5.76 Å². The number of aryl methyl sites for hydroxylation is 1. The highest BCUT2D eigenvalue weighted by Gasteiger charge is 2.23. The van der Waals surface area contributed by atoms with Gasteiger partial charge >= 0.3 is 5.76 Å². The zero-order chi connectivity index (χ0) is 20.2. The number of hydrogen-bond donors (Lipinski definition) is 0. The molecule has 0 bridgehead atoms. The number of amides is 1. The van der Waals surface area contributed by atoms with E-state index >= 15 is 0 Å². The van der Waals surface area contributed by atoms with E-state index in [1.54, 1.807) is 4.90 Å². The standard InChI is InChI=1S/C22H24N4O3/c1-17-7-5-6-10-19(17)15-24-11-13-25(14-12-24)20(27)16-26-22(28)29-21(23-26)18-8-3-2-4-9-18/h2-10H,11-16H2,1H3. The molecule has 0 saturated carbocycles. The highest BCUT2D eigenvalue weighted by atomic mass is 16.4. The zero-order valence-corrected chi connectivity index (χ0v) is 16.5. The Kier molecular flexibility index (Phi) is 5.57. The molecule has 7 heteroatoms. The summed E-state index contributed by atoms with van der Waals surface area (Å²) in [4.78, 5) is 28.9. The second kappa shape index (κ2) is 8.45. The lowest BCUT2D eigenvalue weighted by Gasteiger charge is -2.34. The van der Waals surface area contributed by atoms with Crippen LogP contribution in [0, 0.1) is 6.92 Å². The topological polar surface area (TPSA) is 71.6 Å². The van der Waals surface area contributed by atoms with Crippen molar-refractivity contribution >= 4 is 5.91 Å². The Balaban J connectivity index is 1.34. The van der Waals surface area contributed by atoms with Crippen molar-refractivity contribution in [2.45, 2.75) is 20.0 Å². The summed E-state index contributed by atoms with van der Waals surface area (Å²) in [6.07, 6.45) is 0. The van der Waals surface area contributed by atoms with E-state index in [1.807, 2.05) is 36.4 Å². The number of hydrogen-bond acceptors (Lipinski definition) is 5. The van der Waals surface area contributed by atoms with Crippen LogP contribution in [0.2, 0.25) is 0 Å². The molecule has 0 radical (unpaired) electrons. The molecule has 29 heavy (non-hydrogen) atoms. The molecule has 1 aliphatic rings. The third-order valence-corrected chi connectivity index (χ3v) is 5.29. The van der Waals surface area contributed by atoms with Crippen LogP contribution in [0.3, 0.4) is 0 Å². The second-order valence-corrected chi connectivity index (χ2v) is 7.28. The summed E-state index contributed by atoms with van der Waals surface area (Å²) in [6, 6.07) is 17.6. The van der Waals surface area contributed by atoms with Crippen LogP contribution in [-0.2, 0) is 17.9 Å². The van der Waals surface area contributed by atoms with Crippen LogP contribution in [0.15, 0.2) is 63.8 Å². The van der Waals surface area contributed by atoms with Crippen molar-refractivity contribution in [1.82, 2.24) is 19.6 Å². The first kappa shape index (κ1) is 19.1. The van der Waals surface area contributed by atoms with Crippen LogP contribution < -0.4 is 5.76 Å². The van der Waals surface area contributed by atoms with E-state index in [0.717, 1.165) is 24.3 Å². The van der Waals surface area contributed by atoms with Crippen LogP contribution in [0.25, 0.3) is 11.5 Å². The molecule has 0 unspecified atom stereocenters. The minimum atomic E-state index is -0.615. The van der Waals surface area contributed by atoms with Gasteiger partial charge in [-0.2, -0.15) is 4.68 Å². The molecule has 0 N–H and O–H groups in total. The van der Waals surface area contributed by atoms with Crippen LogP contribution in [0.1, 0.15) is 11.1 Å². The Bertz CT molecular complexity index is 1030. The van der Waals surface area contributed by atoms with Gasteiger partial charge in [0.2, 0.25) is 11.8 Å². The fraction of sp³-hybridized carbons (Fsp3) is 0.318. The maximum Gasteiger partial charge on any atom is 0.437 e. The van der Waals surface area contributed by atoms with Crippen molar-refractivity contribution in [1.29, 1.82) is 0 Å². The lowest BCUT2D eigenvalue weighted by Crippen LogP contribution is -2.49. The van der Waals surface area contributed by atoms with E-state index in [0.29, 0.717) is 18.7 Å². The predicted molar refractivity (Wildman–Crippen MR) is 109 cm³/mol. The maximum atomic E-state index is 12.7. The highest BCUT2D eigenvalue weighted by molar-refractivity contribution is 5.76. The van der Waals surface area contributed by atoms with Crippen LogP contribution in [0.4, 0.5) is 0 Å². The molecule has 0 spiro atoms. The van der Waals surface area contributed by atoms with Crippen molar-refractivity contribution in [3.05, 3.63) is 76.3 Å². The molecule has 3 aromatic rings. The fourth-order valence-corrected chi connectivity index (χ4v) is 3.52. The van der Waals surface area contributed by atoms with Gasteiger partial charge in [0.15, 0.2) is 0 Å². The number of benzene rings is 2. The molecular formula is C22H24N4O3. The number of carbonyl (C=O) groups is 1. The van der Waals surface area contributed by atoms with E-state index in [-0.39, 0.29) is 18.3 Å². The van der Waals surface area contributed by atoms with Gasteiger partial charge in [0, 0.05) is 38.3 Å². The summed E-state index contributed by atoms with van der Waals surface area (Å²) < 4.78 is 6.30. The summed E-state index contributed by atoms with van der Waals surface area (Å²) in [6.45, 7) is 5.80. The first-order chi connectivity index (χ1) is 14.1. The molecule has 1 fully saturated rings. The smallest absolute Gasteiger partial charge is 0.388 e. The van der Waals surface area contributed by atoms with E-state index in [4.69, 9.17) is 4.42 Å². The molecule has 1 saturated heterocycles. The average molecular weight is 392 g/mol. The van der Waals surface area contributed by atoms with Gasteiger partial charge in [0.1, 0.15) is 6.54 Å². The van der Waals surface area contributed by atoms with Crippen LogP contribution >= 0.6 is 0 Å². The van der Waals surface area contributed by atoms with Gasteiger partial charge in [0.25, 0.3) is 0 Å². The highest BCUT2D eigenvalue weighted by Crippen LogP contribution is 2.15. The Morgan fingerprint density at radius 3 is 2.41 bits per heavy atom. The van der Waals surface area contributed by atoms with Gasteiger partial charge in [-0.15, -0.1) is 5.10 Å². The molecule has 1 amide bonds. The molecule has 150 valence electrons. The Hall–Kier alpha value is -3.19. The molecule has 1 aromatic heterocycles. The second-order valence-electron chi connectivity index (χ2n) is 7.28. The quantitative estimate of drug-likeness (QED) is 0.665. The van der Waals surface area contributed by atoms with Crippen LogP contribution in [-0.4, -0.2) is 51.7 Å². The summed E-state index contributed by atoms with van der Waals surface area (Å²) in [5.41, 5.74) is 3.31. The van der Waals surface area contributed by atoms with Gasteiger partial charge in [-0.1, -0.05) is 42.5 Å². The lowest BCUT2D eigenvalue weighted by molar-refractivity contribution is -0.134. The van der Waals surface area contributed by atoms with Crippen molar-refractivity contribution in [3.63, 3.8) is 0 Å². The average Bonchev–Trinajstić information content (AvgIpc) is 3.11. The summed E-state index contributed by atoms with van der Waals surface area (Å²) in [7, 11) is 0. The van der Waals surface area contributed by atoms with Gasteiger partial charge < -0.3 is 9.32 Å². The minimum Gasteiger partial charge on any atom is -0.388 e. The largest absolute Gasteiger partial charge is 0.437 e. The Labute approximate surface area is 169 Å². The molecular weight excluding hydrogens is 368 g/mol. The van der Waals surface area contributed by atoms with Crippen molar-refractivity contribution in [2.75, 3.05) is 26.2 Å². The summed E-state index contributed by atoms with van der Waals surface area (Å²) in [5, 5.41) is 4.17. The third kappa shape index (κ3) is 4.46. The normalized spacial score (nSPS) is 14.9. The maximum absolute atomic E-state index is 12.7. The molecule has 2 aromatic carbocycles. The van der Waals surface area contributed by atoms with Gasteiger partial charge in [-0.05, 0) is 30.2 Å². The van der Waals surface area contributed by atoms with Crippen molar-refractivity contribution in [3.8, 4) is 11.5 Å². The first-order valence-corrected chi connectivity index (χ1v) is 9.78. The first-order valence-electron chi connectivity index (χ1n) is 9.78. The lowest BCUT2D eigenvalue weighted by atomic mass is 10.1. The predicted octanol–water partition coefficient (Wildman–Crippen LogP) is 2.16. The number of carbonyl (C=O) groups excluding carboxylic acids is 1. The monoisotopic (exact) mass is 392 g/mol. The number of nitrogens with zero attached hydrogens (tertiary/aromatic N) is 4. The number of aromatic nitrogens is 2. The minimum absolute atomic E-state index is 0.104. The molecule has 0 atom stereocenters. The molecule has 0 aliphatic carbocycles.